The van der Waals surface area contributed by atoms with Crippen LogP contribution < -0.4 is 28.4 Å². The summed E-state index contributed by atoms with van der Waals surface area (Å²) in [4.78, 5) is 12.2. The number of aromatic carboxylic acids is 1. The second-order valence-electron chi connectivity index (χ2n) is 13.3. The third-order valence-electron chi connectivity index (χ3n) is 8.81. The molecular formula is C49H42O8. The highest BCUT2D eigenvalue weighted by Crippen LogP contribution is 2.30. The van der Waals surface area contributed by atoms with Crippen LogP contribution in [0.5, 0.6) is 34.5 Å². The number of carboxylic acid groups (broad SMARTS) is 1. The zero-order valence-corrected chi connectivity index (χ0v) is 31.3. The van der Waals surface area contributed by atoms with Gasteiger partial charge in [-0.2, -0.15) is 0 Å². The highest BCUT2D eigenvalue weighted by molar-refractivity contribution is 5.88. The molecule has 0 aliphatic carbocycles. The van der Waals surface area contributed by atoms with Crippen molar-refractivity contribution in [1.82, 2.24) is 0 Å². The molecule has 7 aromatic rings. The lowest BCUT2D eigenvalue weighted by atomic mass is 10.2. The first-order chi connectivity index (χ1) is 28.0. The monoisotopic (exact) mass is 758 g/mol. The topological polar surface area (TPSA) is 92.7 Å². The summed E-state index contributed by atoms with van der Waals surface area (Å²) in [7, 11) is 0. The van der Waals surface area contributed by atoms with Crippen LogP contribution in [-0.2, 0) is 39.6 Å². The largest absolute Gasteiger partial charge is 0.489 e. The third-order valence-corrected chi connectivity index (χ3v) is 8.81. The highest BCUT2D eigenvalue weighted by Gasteiger charge is 2.13. The maximum absolute atomic E-state index is 12.2. The van der Waals surface area contributed by atoms with Crippen LogP contribution >= 0.6 is 0 Å². The van der Waals surface area contributed by atoms with Gasteiger partial charge in [0.1, 0.15) is 74.1 Å². The summed E-state index contributed by atoms with van der Waals surface area (Å²) in [6, 6.07) is 55.6. The molecule has 0 saturated heterocycles. The van der Waals surface area contributed by atoms with Gasteiger partial charge in [0.25, 0.3) is 0 Å². The predicted molar refractivity (Wildman–Crippen MR) is 218 cm³/mol. The lowest BCUT2D eigenvalue weighted by Crippen LogP contribution is -2.04. The van der Waals surface area contributed by atoms with Gasteiger partial charge >= 0.3 is 5.97 Å². The second kappa shape index (κ2) is 19.4. The Balaban J connectivity index is 1.06. The van der Waals surface area contributed by atoms with E-state index in [1.165, 1.54) is 12.1 Å². The molecule has 57 heavy (non-hydrogen) atoms. The molecule has 0 amide bonds. The van der Waals surface area contributed by atoms with Crippen LogP contribution in [-0.4, -0.2) is 11.1 Å². The van der Waals surface area contributed by atoms with Crippen LogP contribution in [0.4, 0.5) is 0 Å². The Morgan fingerprint density at radius 1 is 0.316 bits per heavy atom. The molecule has 0 aliphatic rings. The quantitative estimate of drug-likeness (QED) is 0.0871. The summed E-state index contributed by atoms with van der Waals surface area (Å²) in [5, 5.41) is 9.98. The molecule has 0 fully saturated rings. The standard InChI is InChI=1S/C49H42O8/c50-49(51)42-25-47(56-34-40-21-43(52-30-36-13-5-1-6-14-36)27-44(22-40)53-31-37-15-7-2-8-16-37)29-48(26-42)57-35-41-23-45(54-32-38-17-9-3-10-18-38)28-46(24-41)55-33-39-19-11-4-12-20-39/h1-29H,30-35H2,(H,50,51). The maximum Gasteiger partial charge on any atom is 0.335 e. The molecule has 8 nitrogen and oxygen atoms in total. The predicted octanol–water partition coefficient (Wildman–Crippen LogP) is 10.9. The molecule has 7 aromatic carbocycles. The van der Waals surface area contributed by atoms with Gasteiger partial charge in [-0.1, -0.05) is 121 Å². The highest BCUT2D eigenvalue weighted by atomic mass is 16.5. The van der Waals surface area contributed by atoms with Crippen LogP contribution in [0.1, 0.15) is 43.7 Å². The first kappa shape index (κ1) is 38.1. The van der Waals surface area contributed by atoms with Crippen LogP contribution in [0.15, 0.2) is 176 Å². The number of ether oxygens (including phenoxy) is 6. The smallest absolute Gasteiger partial charge is 0.335 e. The number of carbonyl (C=O) groups is 1. The van der Waals surface area contributed by atoms with Crippen molar-refractivity contribution in [2.45, 2.75) is 39.6 Å². The van der Waals surface area contributed by atoms with Gasteiger partial charge in [-0.3, -0.25) is 0 Å². The van der Waals surface area contributed by atoms with E-state index in [1.807, 2.05) is 158 Å². The zero-order valence-electron chi connectivity index (χ0n) is 31.3. The number of carboxylic acids is 1. The average molecular weight is 759 g/mol. The van der Waals surface area contributed by atoms with Gasteiger partial charge in [-0.25, -0.2) is 4.79 Å². The number of benzene rings is 7. The van der Waals surface area contributed by atoms with Crippen molar-refractivity contribution in [3.63, 3.8) is 0 Å². The van der Waals surface area contributed by atoms with Crippen molar-refractivity contribution in [2.75, 3.05) is 0 Å². The molecular weight excluding hydrogens is 717 g/mol. The van der Waals surface area contributed by atoms with Crippen LogP contribution in [0.2, 0.25) is 0 Å². The van der Waals surface area contributed by atoms with E-state index in [4.69, 9.17) is 28.4 Å². The Morgan fingerprint density at radius 2 is 0.544 bits per heavy atom. The first-order valence-electron chi connectivity index (χ1n) is 18.6. The molecule has 8 heteroatoms. The molecule has 0 aromatic heterocycles. The molecule has 0 aliphatic heterocycles. The lowest BCUT2D eigenvalue weighted by molar-refractivity contribution is 0.0695. The van der Waals surface area contributed by atoms with Crippen molar-refractivity contribution in [3.05, 3.63) is 215 Å². The Morgan fingerprint density at radius 3 is 0.789 bits per heavy atom. The fourth-order valence-electron chi connectivity index (χ4n) is 5.92. The minimum atomic E-state index is -1.11. The summed E-state index contributed by atoms with van der Waals surface area (Å²) in [5.74, 6) is 2.04. The molecule has 0 atom stereocenters. The van der Waals surface area contributed by atoms with E-state index >= 15 is 0 Å². The van der Waals surface area contributed by atoms with E-state index in [1.54, 1.807) is 6.07 Å². The van der Waals surface area contributed by atoms with E-state index in [-0.39, 0.29) is 18.8 Å². The molecule has 0 saturated carbocycles. The molecule has 1 N–H and O–H groups in total. The summed E-state index contributed by atoms with van der Waals surface area (Å²) in [5.41, 5.74) is 5.72. The molecule has 0 bridgehead atoms. The fourth-order valence-corrected chi connectivity index (χ4v) is 5.92. The Labute approximate surface area is 332 Å². The number of hydrogen-bond donors (Lipinski definition) is 1. The van der Waals surface area contributed by atoms with Crippen molar-refractivity contribution in [1.29, 1.82) is 0 Å². The molecule has 7 rings (SSSR count). The van der Waals surface area contributed by atoms with Crippen molar-refractivity contribution in [2.24, 2.45) is 0 Å². The van der Waals surface area contributed by atoms with E-state index < -0.39 is 5.97 Å². The van der Waals surface area contributed by atoms with Gasteiger partial charge in [0.2, 0.25) is 0 Å². The summed E-state index contributed by atoms with van der Waals surface area (Å²) < 4.78 is 37.1. The van der Waals surface area contributed by atoms with E-state index in [0.717, 1.165) is 33.4 Å². The zero-order chi connectivity index (χ0) is 39.1. The third kappa shape index (κ3) is 11.9. The Hall–Kier alpha value is -7.19. The van der Waals surface area contributed by atoms with E-state index in [0.29, 0.717) is 60.9 Å². The SMILES string of the molecule is O=C(O)c1cc(OCc2cc(OCc3ccccc3)cc(OCc3ccccc3)c2)cc(OCc2cc(OCc3ccccc3)cc(OCc3ccccc3)c2)c1. The average Bonchev–Trinajstić information content (AvgIpc) is 3.26. The fraction of sp³-hybridized carbons (Fsp3) is 0.122. The van der Waals surface area contributed by atoms with Crippen molar-refractivity contribution < 1.29 is 38.3 Å². The van der Waals surface area contributed by atoms with Crippen molar-refractivity contribution in [3.8, 4) is 34.5 Å². The van der Waals surface area contributed by atoms with Gasteiger partial charge in [-0.15, -0.1) is 0 Å². The summed E-state index contributed by atoms with van der Waals surface area (Å²) in [6.07, 6.45) is 0. The normalized spacial score (nSPS) is 10.7. The van der Waals surface area contributed by atoms with Gasteiger partial charge < -0.3 is 33.5 Å². The van der Waals surface area contributed by atoms with Crippen LogP contribution in [0.25, 0.3) is 0 Å². The van der Waals surface area contributed by atoms with Crippen LogP contribution in [0, 0.1) is 0 Å². The molecule has 0 radical (unpaired) electrons. The van der Waals surface area contributed by atoms with Gasteiger partial charge in [-0.05, 0) is 69.8 Å². The number of hydrogen-bond acceptors (Lipinski definition) is 7. The minimum absolute atomic E-state index is 0.0288. The number of rotatable bonds is 19. The Kier molecular flexibility index (Phi) is 13.0. The van der Waals surface area contributed by atoms with Gasteiger partial charge in [0.05, 0.1) is 5.56 Å². The molecule has 0 unspecified atom stereocenters. The first-order valence-corrected chi connectivity index (χ1v) is 18.6. The minimum Gasteiger partial charge on any atom is -0.489 e. The van der Waals surface area contributed by atoms with Crippen LogP contribution in [0.3, 0.4) is 0 Å². The van der Waals surface area contributed by atoms with Gasteiger partial charge in [0, 0.05) is 18.2 Å². The summed E-state index contributed by atoms with van der Waals surface area (Å²) >= 11 is 0. The second-order valence-corrected chi connectivity index (χ2v) is 13.3. The maximum atomic E-state index is 12.2. The lowest BCUT2D eigenvalue weighted by Gasteiger charge is -2.15. The molecule has 0 heterocycles. The summed E-state index contributed by atoms with van der Waals surface area (Å²) in [6.45, 7) is 1.77. The molecule has 0 spiro atoms. The van der Waals surface area contributed by atoms with E-state index in [9.17, 15) is 9.90 Å². The Bertz CT molecular complexity index is 2050. The van der Waals surface area contributed by atoms with Gasteiger partial charge in [0.15, 0.2) is 0 Å². The van der Waals surface area contributed by atoms with E-state index in [2.05, 4.69) is 0 Å². The molecule has 286 valence electrons. The van der Waals surface area contributed by atoms with Crippen molar-refractivity contribution >= 4 is 5.97 Å².